The van der Waals surface area contributed by atoms with Gasteiger partial charge >= 0.3 is 6.18 Å². The molecule has 4 rings (SSSR count). The van der Waals surface area contributed by atoms with Crippen LogP contribution in [0.3, 0.4) is 0 Å². The van der Waals surface area contributed by atoms with E-state index in [0.717, 1.165) is 6.07 Å². The van der Waals surface area contributed by atoms with Gasteiger partial charge in [0.05, 0.1) is 11.3 Å². The van der Waals surface area contributed by atoms with Crippen LogP contribution in [0.1, 0.15) is 5.56 Å². The van der Waals surface area contributed by atoms with Crippen LogP contribution >= 0.6 is 0 Å². The smallest absolute Gasteiger partial charge is 0.306 e. The third kappa shape index (κ3) is 2.55. The van der Waals surface area contributed by atoms with E-state index >= 15 is 0 Å². The van der Waals surface area contributed by atoms with E-state index in [9.17, 15) is 18.0 Å². The number of nitrogens with one attached hydrogen (secondary N) is 1. The first-order chi connectivity index (χ1) is 11.9. The van der Waals surface area contributed by atoms with Gasteiger partial charge in [0, 0.05) is 16.3 Å². The van der Waals surface area contributed by atoms with Gasteiger partial charge in [0.2, 0.25) is 0 Å². The summed E-state index contributed by atoms with van der Waals surface area (Å²) in [5.41, 5.74) is -0.648. The van der Waals surface area contributed by atoms with Crippen molar-refractivity contribution in [3.05, 3.63) is 76.6 Å². The molecule has 0 amide bonds. The Morgan fingerprint density at radius 2 is 1.52 bits per heavy atom. The highest BCUT2D eigenvalue weighted by Gasteiger charge is 2.34. The summed E-state index contributed by atoms with van der Waals surface area (Å²) >= 11 is 0. The molecule has 0 unspecified atom stereocenters. The monoisotopic (exact) mass is 340 g/mol. The number of pyridine rings is 2. The molecule has 0 bridgehead atoms. The molecule has 0 saturated carbocycles. The van der Waals surface area contributed by atoms with Gasteiger partial charge in [-0.05, 0) is 17.5 Å². The first-order valence-corrected chi connectivity index (χ1v) is 7.53. The Kier molecular flexibility index (Phi) is 3.35. The van der Waals surface area contributed by atoms with Crippen LogP contribution in [0.2, 0.25) is 0 Å². The van der Waals surface area contributed by atoms with E-state index in [0.29, 0.717) is 5.56 Å². The van der Waals surface area contributed by atoms with E-state index < -0.39 is 17.3 Å². The van der Waals surface area contributed by atoms with Crippen LogP contribution in [0.25, 0.3) is 33.1 Å². The standard InChI is InChI=1S/C19H11F3N2O/c20-19(21,22)14-10-15(11-6-2-1-3-7-11)23-17-16(14)12-8-4-5-9-13(12)18(25)24-17/h1-10H,(H,23,24,25). The van der Waals surface area contributed by atoms with Gasteiger partial charge in [-0.2, -0.15) is 13.2 Å². The molecule has 6 heteroatoms. The van der Waals surface area contributed by atoms with Crippen molar-refractivity contribution in [2.24, 2.45) is 0 Å². The number of aromatic amines is 1. The Labute approximate surface area is 139 Å². The number of hydrogen-bond donors (Lipinski definition) is 1. The van der Waals surface area contributed by atoms with Crippen molar-refractivity contribution in [2.75, 3.05) is 0 Å². The third-order valence-corrected chi connectivity index (χ3v) is 4.07. The Morgan fingerprint density at radius 1 is 0.880 bits per heavy atom. The second kappa shape index (κ2) is 5.44. The number of aromatic nitrogens is 2. The van der Waals surface area contributed by atoms with Gasteiger partial charge in [-0.15, -0.1) is 0 Å². The van der Waals surface area contributed by atoms with E-state index in [2.05, 4.69) is 9.97 Å². The minimum Gasteiger partial charge on any atom is -0.306 e. The van der Waals surface area contributed by atoms with Crippen molar-refractivity contribution in [3.8, 4) is 11.3 Å². The summed E-state index contributed by atoms with van der Waals surface area (Å²) < 4.78 is 41.2. The first kappa shape index (κ1) is 15.4. The van der Waals surface area contributed by atoms with Gasteiger partial charge in [-0.3, -0.25) is 4.79 Å². The highest BCUT2D eigenvalue weighted by molar-refractivity contribution is 6.06. The molecular weight excluding hydrogens is 329 g/mol. The Hall–Kier alpha value is -3.15. The number of hydrogen-bond acceptors (Lipinski definition) is 2. The molecule has 0 radical (unpaired) electrons. The van der Waals surface area contributed by atoms with E-state index in [1.54, 1.807) is 42.5 Å². The summed E-state index contributed by atoms with van der Waals surface area (Å²) in [6.07, 6.45) is -4.58. The second-order valence-corrected chi connectivity index (χ2v) is 5.64. The van der Waals surface area contributed by atoms with Gasteiger partial charge in [0.25, 0.3) is 5.56 Å². The van der Waals surface area contributed by atoms with E-state index in [1.807, 2.05) is 0 Å². The lowest BCUT2D eigenvalue weighted by Gasteiger charge is -2.14. The summed E-state index contributed by atoms with van der Waals surface area (Å²) in [5.74, 6) is 0. The number of alkyl halides is 3. The van der Waals surface area contributed by atoms with Gasteiger partial charge < -0.3 is 4.98 Å². The molecule has 0 aliphatic carbocycles. The zero-order valence-electron chi connectivity index (χ0n) is 12.8. The van der Waals surface area contributed by atoms with Crippen LogP contribution in [0.15, 0.2) is 65.5 Å². The van der Waals surface area contributed by atoms with Crippen LogP contribution in [-0.4, -0.2) is 9.97 Å². The molecule has 2 aromatic carbocycles. The summed E-state index contributed by atoms with van der Waals surface area (Å²) in [6, 6.07) is 15.8. The molecule has 124 valence electrons. The summed E-state index contributed by atoms with van der Waals surface area (Å²) in [5, 5.41) is 0.345. The van der Waals surface area contributed by atoms with Crippen LogP contribution in [0.5, 0.6) is 0 Å². The number of nitrogens with zero attached hydrogens (tertiary/aromatic N) is 1. The predicted octanol–water partition coefficient (Wildman–Crippen LogP) is 4.76. The van der Waals surface area contributed by atoms with Gasteiger partial charge in [0.15, 0.2) is 0 Å². The topological polar surface area (TPSA) is 45.8 Å². The van der Waals surface area contributed by atoms with Crippen LogP contribution in [0, 0.1) is 0 Å². The Morgan fingerprint density at radius 3 is 2.20 bits per heavy atom. The number of rotatable bonds is 1. The molecule has 1 N–H and O–H groups in total. The molecule has 4 aromatic rings. The van der Waals surface area contributed by atoms with E-state index in [1.165, 1.54) is 12.1 Å². The fourth-order valence-corrected chi connectivity index (χ4v) is 2.96. The number of halogens is 3. The van der Waals surface area contributed by atoms with Crippen molar-refractivity contribution in [2.45, 2.75) is 6.18 Å². The van der Waals surface area contributed by atoms with Crippen LogP contribution in [0.4, 0.5) is 13.2 Å². The largest absolute Gasteiger partial charge is 0.417 e. The summed E-state index contributed by atoms with van der Waals surface area (Å²) in [4.78, 5) is 19.0. The molecule has 25 heavy (non-hydrogen) atoms. The SMILES string of the molecule is O=c1[nH]c2nc(-c3ccccc3)cc(C(F)(F)F)c2c2ccccc12. The van der Waals surface area contributed by atoms with Gasteiger partial charge in [0.1, 0.15) is 5.65 Å². The summed E-state index contributed by atoms with van der Waals surface area (Å²) in [6.45, 7) is 0. The lowest BCUT2D eigenvalue weighted by atomic mass is 10.0. The lowest BCUT2D eigenvalue weighted by molar-refractivity contribution is -0.136. The van der Waals surface area contributed by atoms with E-state index in [-0.39, 0.29) is 27.5 Å². The third-order valence-electron chi connectivity index (χ3n) is 4.07. The fourth-order valence-electron chi connectivity index (χ4n) is 2.96. The summed E-state index contributed by atoms with van der Waals surface area (Å²) in [7, 11) is 0. The lowest BCUT2D eigenvalue weighted by Crippen LogP contribution is -2.12. The molecule has 0 aliphatic rings. The predicted molar refractivity (Wildman–Crippen MR) is 90.3 cm³/mol. The zero-order chi connectivity index (χ0) is 17.6. The molecule has 0 fully saturated rings. The van der Waals surface area contributed by atoms with Crippen LogP contribution in [-0.2, 0) is 6.18 Å². The molecule has 2 aromatic heterocycles. The van der Waals surface area contributed by atoms with E-state index in [4.69, 9.17) is 0 Å². The highest BCUT2D eigenvalue weighted by Crippen LogP contribution is 2.38. The first-order valence-electron chi connectivity index (χ1n) is 7.53. The van der Waals surface area contributed by atoms with Gasteiger partial charge in [-0.1, -0.05) is 48.5 Å². The number of benzene rings is 2. The second-order valence-electron chi connectivity index (χ2n) is 5.64. The van der Waals surface area contributed by atoms with Crippen molar-refractivity contribution < 1.29 is 13.2 Å². The molecule has 0 aliphatic heterocycles. The molecule has 0 spiro atoms. The molecular formula is C19H11F3N2O. The average Bonchev–Trinajstić information content (AvgIpc) is 2.61. The average molecular weight is 340 g/mol. The molecule has 2 heterocycles. The maximum absolute atomic E-state index is 13.7. The maximum Gasteiger partial charge on any atom is 0.417 e. The quantitative estimate of drug-likeness (QED) is 0.508. The number of fused-ring (bicyclic) bond motifs is 3. The molecule has 3 nitrogen and oxygen atoms in total. The maximum atomic E-state index is 13.7. The van der Waals surface area contributed by atoms with Crippen molar-refractivity contribution in [3.63, 3.8) is 0 Å². The minimum atomic E-state index is -4.58. The Bertz CT molecular complexity index is 1150. The van der Waals surface area contributed by atoms with Crippen LogP contribution < -0.4 is 5.56 Å². The van der Waals surface area contributed by atoms with Crippen molar-refractivity contribution in [1.82, 2.24) is 9.97 Å². The fraction of sp³-hybridized carbons (Fsp3) is 0.0526. The Balaban J connectivity index is 2.19. The molecule has 0 atom stereocenters. The minimum absolute atomic E-state index is 0.0719. The van der Waals surface area contributed by atoms with Crippen molar-refractivity contribution >= 4 is 21.8 Å². The van der Waals surface area contributed by atoms with Gasteiger partial charge in [-0.25, -0.2) is 4.98 Å². The zero-order valence-corrected chi connectivity index (χ0v) is 12.8. The highest BCUT2D eigenvalue weighted by atomic mass is 19.4. The molecule has 0 saturated heterocycles. The number of H-pyrrole nitrogens is 1. The van der Waals surface area contributed by atoms with Crippen molar-refractivity contribution in [1.29, 1.82) is 0 Å². The normalized spacial score (nSPS) is 12.0.